The number of amides is 8. The minimum absolute atomic E-state index is 0.101. The van der Waals surface area contributed by atoms with E-state index < -0.39 is 131 Å². The molecule has 0 bridgehead atoms. The number of carbonyl (C=O) groups is 11. The molecule has 67 heavy (non-hydrogen) atoms. The van der Waals surface area contributed by atoms with Crippen LogP contribution in [0.4, 0.5) is 0 Å². The van der Waals surface area contributed by atoms with Crippen molar-refractivity contribution in [1.29, 1.82) is 0 Å². The number of hydrogen-bond donors (Lipinski definition) is 7. The third-order valence-electron chi connectivity index (χ3n) is 10.0. The molecule has 0 aromatic carbocycles. The molecule has 1 saturated heterocycles. The molecule has 21 nitrogen and oxygen atoms in total. The highest BCUT2D eigenvalue weighted by Gasteiger charge is 2.41. The number of likely N-dealkylation sites (tertiary alicyclic amines) is 1. The molecule has 1 fully saturated rings. The first kappa shape index (κ1) is 59.1. The number of esters is 2. The van der Waals surface area contributed by atoms with Gasteiger partial charge in [0.1, 0.15) is 41.4 Å². The van der Waals surface area contributed by atoms with Crippen LogP contribution in [0.1, 0.15) is 134 Å². The molecule has 0 aliphatic carbocycles. The fourth-order valence-corrected chi connectivity index (χ4v) is 6.87. The largest absolute Gasteiger partial charge is 0.460 e. The summed E-state index contributed by atoms with van der Waals surface area (Å²) in [5, 5.41) is 17.7. The van der Waals surface area contributed by atoms with Gasteiger partial charge in [0.25, 0.3) is 5.91 Å². The molecule has 7 N–H and O–H groups in total. The van der Waals surface area contributed by atoms with Crippen molar-refractivity contribution in [3.8, 4) is 0 Å². The summed E-state index contributed by atoms with van der Waals surface area (Å²) in [5.41, 5.74) is -1.66. The fraction of sp³-hybridized carbons (Fsp3) is 0.717. The van der Waals surface area contributed by atoms with Gasteiger partial charge in [-0.2, -0.15) is 0 Å². The molecule has 1 aliphatic rings. The summed E-state index contributed by atoms with van der Waals surface area (Å²) in [6.45, 7) is 22.9. The molecule has 378 valence electrons. The Hall–Kier alpha value is -5.89. The number of nitrogens with zero attached hydrogens (tertiary/aromatic N) is 1. The van der Waals surface area contributed by atoms with E-state index in [1.54, 1.807) is 76.2 Å². The number of rotatable bonds is 26. The van der Waals surface area contributed by atoms with Gasteiger partial charge in [-0.15, -0.1) is 6.58 Å². The highest BCUT2D eigenvalue weighted by atomic mass is 16.6. The van der Waals surface area contributed by atoms with Crippen LogP contribution < -0.4 is 37.2 Å². The van der Waals surface area contributed by atoms with Crippen LogP contribution in [0, 0.1) is 11.8 Å². The third kappa shape index (κ3) is 22.0. The van der Waals surface area contributed by atoms with Gasteiger partial charge in [-0.3, -0.25) is 52.7 Å². The third-order valence-corrected chi connectivity index (χ3v) is 10.0. The van der Waals surface area contributed by atoms with Crippen LogP contribution in [0.25, 0.3) is 0 Å². The van der Waals surface area contributed by atoms with Gasteiger partial charge in [0.2, 0.25) is 47.1 Å². The second-order valence-corrected chi connectivity index (χ2v) is 19.2. The van der Waals surface area contributed by atoms with Crippen LogP contribution in [0.15, 0.2) is 12.7 Å². The number of carbonyl (C=O) groups excluding carboxylic acids is 11. The summed E-state index contributed by atoms with van der Waals surface area (Å²) in [6.07, 6.45) is 1.55. The Morgan fingerprint density at radius 1 is 0.672 bits per heavy atom. The van der Waals surface area contributed by atoms with Gasteiger partial charge < -0.3 is 51.6 Å². The van der Waals surface area contributed by atoms with Crippen LogP contribution in [0.3, 0.4) is 0 Å². The lowest BCUT2D eigenvalue weighted by Crippen LogP contribution is -2.61. The average molecular weight is 949 g/mol. The lowest BCUT2D eigenvalue weighted by molar-refractivity contribution is -0.156. The molecule has 1 aliphatic heterocycles. The number of hydrogen-bond acceptors (Lipinski definition) is 13. The standard InChI is InChI=1S/C46H76N8O13/c1-14-17-29(38(59)43(64)48-25-33(56)47-23-15-2)50-41(62)32-18-16-24-54(32)44(65)37(27(5)6)53-42(63)36(26(3)4)52-40(61)31(20-22-35(58)67-46(11,12)13)51-39(60)30(49-28(7)55)19-21-34(57)66-45(8,9)10/h15,26-27,29-32,36-37H,2,14,16-25H2,1,3-13H3,(H,47,56)(H,48,64)(H,49,55)(H,50,62)(H,51,60)(H,52,61)(H,53,63)/t29-,30-,31-,32-,36-,37-/m0/s1. The summed E-state index contributed by atoms with van der Waals surface area (Å²) < 4.78 is 10.7. The Kier molecular flexibility index (Phi) is 24.4. The van der Waals surface area contributed by atoms with E-state index in [2.05, 4.69) is 43.8 Å². The number of ketones is 1. The minimum Gasteiger partial charge on any atom is -0.460 e. The molecule has 0 saturated carbocycles. The summed E-state index contributed by atoms with van der Waals surface area (Å²) in [6, 6.07) is -7.52. The number of Topliss-reactive ketones (excluding diaryl/α,β-unsaturated/α-hetero) is 1. The van der Waals surface area contributed by atoms with Gasteiger partial charge in [-0.1, -0.05) is 47.1 Å². The molecule has 0 spiro atoms. The molecular formula is C46H76N8O13. The molecule has 6 atom stereocenters. The predicted octanol–water partition coefficient (Wildman–Crippen LogP) is 0.765. The van der Waals surface area contributed by atoms with Gasteiger partial charge in [-0.25, -0.2) is 0 Å². The molecule has 0 aromatic heterocycles. The maximum absolute atomic E-state index is 14.2. The Labute approximate surface area is 394 Å². The molecule has 0 unspecified atom stereocenters. The van der Waals surface area contributed by atoms with Crippen molar-refractivity contribution in [2.75, 3.05) is 19.6 Å². The lowest BCUT2D eigenvalue weighted by Gasteiger charge is -2.33. The van der Waals surface area contributed by atoms with Gasteiger partial charge in [0.15, 0.2) is 0 Å². The maximum atomic E-state index is 14.2. The molecule has 21 heteroatoms. The number of nitrogens with one attached hydrogen (secondary N) is 7. The van der Waals surface area contributed by atoms with Gasteiger partial charge in [0, 0.05) is 32.9 Å². The SMILES string of the molecule is C=CCNC(=O)CNC(=O)C(=O)[C@H](CCC)NC(=O)[C@@H]1CCCN1C(=O)[C@@H](NC(=O)[C@@H](NC(=O)[C@H](CCC(=O)OC(C)(C)C)NC(=O)[C@H](CCC(=O)OC(C)(C)C)NC(C)=O)C(C)C)C(C)C. The summed E-state index contributed by atoms with van der Waals surface area (Å²) >= 11 is 0. The van der Waals surface area contributed by atoms with Gasteiger partial charge >= 0.3 is 11.9 Å². The van der Waals surface area contributed by atoms with Crippen LogP contribution in [0.5, 0.6) is 0 Å². The zero-order valence-electron chi connectivity index (χ0n) is 41.4. The van der Waals surface area contributed by atoms with Crippen LogP contribution in [-0.2, 0) is 62.2 Å². The quantitative estimate of drug-likeness (QED) is 0.0359. The Morgan fingerprint density at radius 3 is 1.66 bits per heavy atom. The zero-order valence-corrected chi connectivity index (χ0v) is 41.4. The van der Waals surface area contributed by atoms with Crippen LogP contribution >= 0.6 is 0 Å². The molecule has 0 radical (unpaired) electrons. The maximum Gasteiger partial charge on any atom is 0.306 e. The van der Waals surface area contributed by atoms with E-state index in [4.69, 9.17) is 9.47 Å². The average Bonchev–Trinajstić information content (AvgIpc) is 3.71. The predicted molar refractivity (Wildman–Crippen MR) is 246 cm³/mol. The van der Waals surface area contributed by atoms with E-state index in [0.29, 0.717) is 12.8 Å². The van der Waals surface area contributed by atoms with Crippen molar-refractivity contribution in [3.05, 3.63) is 12.7 Å². The monoisotopic (exact) mass is 949 g/mol. The van der Waals surface area contributed by atoms with E-state index in [1.807, 2.05) is 0 Å². The highest BCUT2D eigenvalue weighted by Crippen LogP contribution is 2.22. The minimum atomic E-state index is -1.45. The normalized spacial score (nSPS) is 16.0. The fourth-order valence-electron chi connectivity index (χ4n) is 6.87. The molecule has 1 rings (SSSR count). The Balaban J connectivity index is 3.33. The van der Waals surface area contributed by atoms with Crippen molar-refractivity contribution in [2.24, 2.45) is 11.8 Å². The molecule has 0 aromatic rings. The zero-order chi connectivity index (χ0) is 51.4. The van der Waals surface area contributed by atoms with Gasteiger partial charge in [0.05, 0.1) is 12.6 Å². The van der Waals surface area contributed by atoms with Crippen molar-refractivity contribution in [2.45, 2.75) is 182 Å². The van der Waals surface area contributed by atoms with E-state index in [9.17, 15) is 52.7 Å². The van der Waals surface area contributed by atoms with Crippen molar-refractivity contribution >= 4 is 65.0 Å². The first-order chi connectivity index (χ1) is 31.0. The van der Waals surface area contributed by atoms with Crippen molar-refractivity contribution < 1.29 is 62.2 Å². The highest BCUT2D eigenvalue weighted by molar-refractivity contribution is 6.38. The smallest absolute Gasteiger partial charge is 0.306 e. The topological polar surface area (TPSA) is 294 Å². The second kappa shape index (κ2) is 27.7. The van der Waals surface area contributed by atoms with Crippen LogP contribution in [0.2, 0.25) is 0 Å². The summed E-state index contributed by atoms with van der Waals surface area (Å²) in [5.74, 6) is -9.35. The number of ether oxygens (including phenoxy) is 2. The molecule has 8 amide bonds. The molecular weight excluding hydrogens is 873 g/mol. The van der Waals surface area contributed by atoms with Crippen molar-refractivity contribution in [3.63, 3.8) is 0 Å². The Bertz CT molecular complexity index is 1800. The van der Waals surface area contributed by atoms with Gasteiger partial charge in [-0.05, 0) is 85.5 Å². The van der Waals surface area contributed by atoms with E-state index in [0.717, 1.165) is 0 Å². The van der Waals surface area contributed by atoms with E-state index in [1.165, 1.54) is 17.9 Å². The second-order valence-electron chi connectivity index (χ2n) is 19.2. The summed E-state index contributed by atoms with van der Waals surface area (Å²) in [4.78, 5) is 146. The first-order valence-corrected chi connectivity index (χ1v) is 22.9. The lowest BCUT2D eigenvalue weighted by atomic mass is 9.98. The first-order valence-electron chi connectivity index (χ1n) is 22.9. The van der Waals surface area contributed by atoms with E-state index >= 15 is 0 Å². The Morgan fingerprint density at radius 2 is 1.18 bits per heavy atom. The van der Waals surface area contributed by atoms with Crippen molar-refractivity contribution in [1.82, 2.24) is 42.1 Å². The van der Waals surface area contributed by atoms with Crippen LogP contribution in [-0.4, -0.2) is 137 Å². The van der Waals surface area contributed by atoms with E-state index in [-0.39, 0.29) is 51.6 Å². The molecule has 1 heterocycles. The summed E-state index contributed by atoms with van der Waals surface area (Å²) in [7, 11) is 0.